The fourth-order valence-electron chi connectivity index (χ4n) is 2.42. The van der Waals surface area contributed by atoms with Crippen LogP contribution in [0.25, 0.3) is 0 Å². The van der Waals surface area contributed by atoms with Gasteiger partial charge in [-0.25, -0.2) is 0 Å². The summed E-state index contributed by atoms with van der Waals surface area (Å²) < 4.78 is 6.15. The van der Waals surface area contributed by atoms with Crippen LogP contribution in [-0.2, 0) is 13.2 Å². The molecule has 0 radical (unpaired) electrons. The number of rotatable bonds is 6. The lowest BCUT2D eigenvalue weighted by Crippen LogP contribution is -2.13. The van der Waals surface area contributed by atoms with Crippen LogP contribution in [0.1, 0.15) is 34.7 Å². The average Bonchev–Trinajstić information content (AvgIpc) is 2.47. The minimum Gasteiger partial charge on any atom is -0.488 e. The number of benzene rings is 2. The Morgan fingerprint density at radius 2 is 1.76 bits per heavy atom. The number of nitrogens with one attached hydrogen (secondary N) is 1. The first kappa shape index (κ1) is 15.6. The lowest BCUT2D eigenvalue weighted by molar-refractivity contribution is 0.299. The summed E-state index contributed by atoms with van der Waals surface area (Å²) in [5.74, 6) is 1.01. The Bertz CT molecular complexity index is 605. The molecule has 0 amide bonds. The van der Waals surface area contributed by atoms with Gasteiger partial charge < -0.3 is 10.1 Å². The minimum atomic E-state index is 0.623. The molecule has 0 aliphatic carbocycles. The van der Waals surface area contributed by atoms with E-state index in [9.17, 15) is 0 Å². The molecule has 0 fully saturated rings. The van der Waals surface area contributed by atoms with Crippen LogP contribution in [0.15, 0.2) is 36.4 Å². The predicted octanol–water partition coefficient (Wildman–Crippen LogP) is 4.30. The number of hydrogen-bond acceptors (Lipinski definition) is 2. The maximum atomic E-state index is 6.15. The monoisotopic (exact) mass is 283 g/mol. The molecule has 21 heavy (non-hydrogen) atoms. The third-order valence-corrected chi connectivity index (χ3v) is 3.74. The fraction of sp³-hybridized carbons (Fsp3) is 0.368. The number of hydrogen-bond donors (Lipinski definition) is 1. The van der Waals surface area contributed by atoms with E-state index < -0.39 is 0 Å². The second-order valence-corrected chi connectivity index (χ2v) is 5.56. The predicted molar refractivity (Wildman–Crippen MR) is 88.8 cm³/mol. The van der Waals surface area contributed by atoms with Crippen LogP contribution in [0, 0.1) is 20.8 Å². The van der Waals surface area contributed by atoms with Crippen molar-refractivity contribution < 1.29 is 4.74 Å². The Balaban J connectivity index is 2.17. The molecule has 0 saturated carbocycles. The van der Waals surface area contributed by atoms with Gasteiger partial charge in [-0.05, 0) is 44.0 Å². The van der Waals surface area contributed by atoms with Crippen LogP contribution >= 0.6 is 0 Å². The second kappa shape index (κ2) is 7.28. The Morgan fingerprint density at radius 3 is 2.52 bits per heavy atom. The van der Waals surface area contributed by atoms with Crippen LogP contribution in [0.5, 0.6) is 5.75 Å². The Morgan fingerprint density at radius 1 is 0.952 bits per heavy atom. The molecule has 2 aromatic rings. The molecular weight excluding hydrogens is 258 g/mol. The third kappa shape index (κ3) is 4.08. The van der Waals surface area contributed by atoms with Crippen molar-refractivity contribution in [3.63, 3.8) is 0 Å². The summed E-state index contributed by atoms with van der Waals surface area (Å²) in [6, 6.07) is 12.8. The molecule has 2 heteroatoms. The van der Waals surface area contributed by atoms with Gasteiger partial charge in [0.15, 0.2) is 0 Å². The summed E-state index contributed by atoms with van der Waals surface area (Å²) in [4.78, 5) is 0. The molecule has 0 bridgehead atoms. The summed E-state index contributed by atoms with van der Waals surface area (Å²) >= 11 is 0. The molecular formula is C19H25NO. The van der Waals surface area contributed by atoms with Gasteiger partial charge in [0.25, 0.3) is 0 Å². The molecule has 0 spiro atoms. The van der Waals surface area contributed by atoms with Crippen molar-refractivity contribution in [2.24, 2.45) is 0 Å². The van der Waals surface area contributed by atoms with Gasteiger partial charge in [0, 0.05) is 12.1 Å². The van der Waals surface area contributed by atoms with Gasteiger partial charge in [-0.1, -0.05) is 48.9 Å². The highest BCUT2D eigenvalue weighted by Crippen LogP contribution is 2.25. The van der Waals surface area contributed by atoms with Crippen LogP contribution in [0.2, 0.25) is 0 Å². The van der Waals surface area contributed by atoms with Gasteiger partial charge in [0.05, 0.1) is 0 Å². The zero-order chi connectivity index (χ0) is 15.2. The number of ether oxygens (including phenoxy) is 1. The van der Waals surface area contributed by atoms with Crippen LogP contribution < -0.4 is 10.1 Å². The molecule has 0 aliphatic rings. The van der Waals surface area contributed by atoms with Gasteiger partial charge in [-0.3, -0.25) is 0 Å². The van der Waals surface area contributed by atoms with E-state index in [4.69, 9.17) is 4.74 Å². The minimum absolute atomic E-state index is 0.623. The van der Waals surface area contributed by atoms with E-state index in [1.165, 1.54) is 27.8 Å². The zero-order valence-corrected chi connectivity index (χ0v) is 13.5. The molecule has 0 unspecified atom stereocenters. The van der Waals surface area contributed by atoms with Crippen molar-refractivity contribution >= 4 is 0 Å². The first-order valence-electron chi connectivity index (χ1n) is 7.60. The van der Waals surface area contributed by atoms with E-state index in [0.29, 0.717) is 6.61 Å². The van der Waals surface area contributed by atoms with Crippen molar-refractivity contribution in [2.45, 2.75) is 40.8 Å². The maximum absolute atomic E-state index is 6.15. The van der Waals surface area contributed by atoms with Crippen molar-refractivity contribution in [3.8, 4) is 5.75 Å². The molecule has 0 saturated heterocycles. The van der Waals surface area contributed by atoms with E-state index in [-0.39, 0.29) is 0 Å². The standard InChI is InChI=1S/C19H25NO/c1-5-20-12-17-8-6-7-16(4)19(17)21-13-18-11-14(2)9-10-15(18)3/h6-11,20H,5,12-13H2,1-4H3. The summed E-state index contributed by atoms with van der Waals surface area (Å²) in [5.41, 5.74) is 6.23. The van der Waals surface area contributed by atoms with Crippen molar-refractivity contribution in [3.05, 3.63) is 64.2 Å². The van der Waals surface area contributed by atoms with Crippen LogP contribution in [0.4, 0.5) is 0 Å². The Labute approximate surface area is 128 Å². The number of para-hydroxylation sites is 1. The maximum Gasteiger partial charge on any atom is 0.127 e. The summed E-state index contributed by atoms with van der Waals surface area (Å²) in [6.45, 7) is 10.9. The molecule has 0 aliphatic heterocycles. The normalized spacial score (nSPS) is 10.7. The Hall–Kier alpha value is -1.80. The van der Waals surface area contributed by atoms with E-state index >= 15 is 0 Å². The van der Waals surface area contributed by atoms with Crippen LogP contribution in [0.3, 0.4) is 0 Å². The van der Waals surface area contributed by atoms with Gasteiger partial charge >= 0.3 is 0 Å². The largest absolute Gasteiger partial charge is 0.488 e. The molecule has 0 aromatic heterocycles. The van der Waals surface area contributed by atoms with Gasteiger partial charge in [0.2, 0.25) is 0 Å². The third-order valence-electron chi connectivity index (χ3n) is 3.74. The summed E-state index contributed by atoms with van der Waals surface area (Å²) in [5, 5.41) is 3.37. The first-order valence-corrected chi connectivity index (χ1v) is 7.60. The fourth-order valence-corrected chi connectivity index (χ4v) is 2.42. The molecule has 112 valence electrons. The van der Waals surface area contributed by atoms with Gasteiger partial charge in [0.1, 0.15) is 12.4 Å². The summed E-state index contributed by atoms with van der Waals surface area (Å²) in [6.07, 6.45) is 0. The highest BCUT2D eigenvalue weighted by molar-refractivity contribution is 5.41. The first-order chi connectivity index (χ1) is 10.1. The molecule has 2 aromatic carbocycles. The van der Waals surface area contributed by atoms with Crippen molar-refractivity contribution in [2.75, 3.05) is 6.54 Å². The lowest BCUT2D eigenvalue weighted by Gasteiger charge is -2.16. The van der Waals surface area contributed by atoms with Crippen molar-refractivity contribution in [1.29, 1.82) is 0 Å². The zero-order valence-electron chi connectivity index (χ0n) is 13.5. The molecule has 2 nitrogen and oxygen atoms in total. The molecule has 2 rings (SSSR count). The SMILES string of the molecule is CCNCc1cccc(C)c1OCc1cc(C)ccc1C. The Kier molecular flexibility index (Phi) is 5.40. The average molecular weight is 283 g/mol. The summed E-state index contributed by atoms with van der Waals surface area (Å²) in [7, 11) is 0. The molecule has 0 heterocycles. The highest BCUT2D eigenvalue weighted by atomic mass is 16.5. The highest BCUT2D eigenvalue weighted by Gasteiger charge is 2.08. The van der Waals surface area contributed by atoms with E-state index in [0.717, 1.165) is 18.8 Å². The van der Waals surface area contributed by atoms with E-state index in [1.54, 1.807) is 0 Å². The van der Waals surface area contributed by atoms with Gasteiger partial charge in [-0.15, -0.1) is 0 Å². The smallest absolute Gasteiger partial charge is 0.127 e. The van der Waals surface area contributed by atoms with Crippen LogP contribution in [-0.4, -0.2) is 6.54 Å². The second-order valence-electron chi connectivity index (χ2n) is 5.56. The van der Waals surface area contributed by atoms with E-state index in [1.807, 2.05) is 0 Å². The molecule has 0 atom stereocenters. The number of aryl methyl sites for hydroxylation is 3. The van der Waals surface area contributed by atoms with E-state index in [2.05, 4.69) is 69.4 Å². The van der Waals surface area contributed by atoms with Gasteiger partial charge in [-0.2, -0.15) is 0 Å². The topological polar surface area (TPSA) is 21.3 Å². The molecule has 1 N–H and O–H groups in total. The lowest BCUT2D eigenvalue weighted by atomic mass is 10.1. The quantitative estimate of drug-likeness (QED) is 0.853. The van der Waals surface area contributed by atoms with Crippen molar-refractivity contribution in [1.82, 2.24) is 5.32 Å².